The van der Waals surface area contributed by atoms with E-state index in [-0.39, 0.29) is 11.9 Å². The number of carbonyl (C=O) groups excluding carboxylic acids is 1. The fourth-order valence-electron chi connectivity index (χ4n) is 1.52. The Labute approximate surface area is 111 Å². The van der Waals surface area contributed by atoms with Gasteiger partial charge in [-0.1, -0.05) is 25.2 Å². The highest BCUT2D eigenvalue weighted by atomic mass is 32.1. The number of aryl methyl sites for hydroxylation is 1. The summed E-state index contributed by atoms with van der Waals surface area (Å²) in [6.45, 7) is 1.95. The molecular formula is C12H18N2OS2. The molecule has 0 saturated heterocycles. The third-order valence-corrected chi connectivity index (χ3v) is 3.71. The van der Waals surface area contributed by atoms with E-state index in [0.717, 1.165) is 19.3 Å². The molecule has 1 atom stereocenters. The fourth-order valence-corrected chi connectivity index (χ4v) is 2.50. The quantitative estimate of drug-likeness (QED) is 0.747. The lowest BCUT2D eigenvalue weighted by atomic mass is 10.2. The number of thiophene rings is 1. The van der Waals surface area contributed by atoms with Gasteiger partial charge in [-0.25, -0.2) is 0 Å². The molecule has 1 aromatic rings. The molecule has 5 heteroatoms. The van der Waals surface area contributed by atoms with Crippen molar-refractivity contribution in [3.63, 3.8) is 0 Å². The monoisotopic (exact) mass is 270 g/mol. The van der Waals surface area contributed by atoms with Crippen molar-refractivity contribution in [3.05, 3.63) is 22.4 Å². The molecule has 3 N–H and O–H groups in total. The Bertz CT molecular complexity index is 363. The topological polar surface area (TPSA) is 55.1 Å². The predicted octanol–water partition coefficient (Wildman–Crippen LogP) is 2.25. The second-order valence-corrected chi connectivity index (χ2v) is 5.37. The third-order valence-electron chi connectivity index (χ3n) is 2.49. The van der Waals surface area contributed by atoms with E-state index in [4.69, 9.17) is 18.0 Å². The van der Waals surface area contributed by atoms with Crippen LogP contribution in [0.1, 0.15) is 31.1 Å². The van der Waals surface area contributed by atoms with Crippen LogP contribution in [0.15, 0.2) is 17.5 Å². The summed E-state index contributed by atoms with van der Waals surface area (Å²) in [4.78, 5) is 13.3. The van der Waals surface area contributed by atoms with E-state index in [2.05, 4.69) is 16.8 Å². The minimum absolute atomic E-state index is 0.0289. The van der Waals surface area contributed by atoms with Gasteiger partial charge in [-0.15, -0.1) is 11.3 Å². The van der Waals surface area contributed by atoms with Gasteiger partial charge in [0.15, 0.2) is 0 Å². The average Bonchev–Trinajstić information content (AvgIpc) is 2.78. The van der Waals surface area contributed by atoms with E-state index >= 15 is 0 Å². The van der Waals surface area contributed by atoms with Crippen molar-refractivity contribution in [2.24, 2.45) is 5.73 Å². The lowest BCUT2D eigenvalue weighted by Crippen LogP contribution is -2.42. The van der Waals surface area contributed by atoms with Crippen LogP contribution in [0.3, 0.4) is 0 Å². The molecule has 1 aromatic heterocycles. The Morgan fingerprint density at radius 2 is 2.41 bits per heavy atom. The average molecular weight is 270 g/mol. The number of nitrogens with two attached hydrogens (primary N) is 1. The molecule has 3 nitrogen and oxygen atoms in total. The summed E-state index contributed by atoms with van der Waals surface area (Å²) in [5.41, 5.74) is 5.52. The smallest absolute Gasteiger partial charge is 0.220 e. The van der Waals surface area contributed by atoms with Gasteiger partial charge in [-0.3, -0.25) is 4.79 Å². The Morgan fingerprint density at radius 1 is 1.65 bits per heavy atom. The Kier molecular flexibility index (Phi) is 6.15. The summed E-state index contributed by atoms with van der Waals surface area (Å²) in [6.07, 6.45) is 3.08. The number of rotatable bonds is 7. The molecule has 0 aliphatic carbocycles. The number of nitrogens with one attached hydrogen (secondary N) is 1. The minimum atomic E-state index is -0.167. The molecule has 17 heavy (non-hydrogen) atoms. The van der Waals surface area contributed by atoms with Gasteiger partial charge in [0.05, 0.1) is 11.0 Å². The van der Waals surface area contributed by atoms with Gasteiger partial charge in [0.1, 0.15) is 0 Å². The molecule has 1 heterocycles. The van der Waals surface area contributed by atoms with Crippen LogP contribution >= 0.6 is 23.6 Å². The standard InChI is InChI=1S/C12H18N2OS2/c1-2-10(12(13)16)14-11(15)7-3-5-9-6-4-8-17-9/h4,6,8,10H,2-3,5,7H2,1H3,(H2,13,16)(H,14,15). The second-order valence-electron chi connectivity index (χ2n) is 3.86. The van der Waals surface area contributed by atoms with E-state index < -0.39 is 0 Å². The van der Waals surface area contributed by atoms with Crippen molar-refractivity contribution in [2.75, 3.05) is 0 Å². The van der Waals surface area contributed by atoms with Gasteiger partial charge in [0.25, 0.3) is 0 Å². The highest BCUT2D eigenvalue weighted by molar-refractivity contribution is 7.80. The Hall–Kier alpha value is -0.940. The summed E-state index contributed by atoms with van der Waals surface area (Å²) in [5, 5.41) is 4.90. The van der Waals surface area contributed by atoms with Crippen molar-refractivity contribution in [1.82, 2.24) is 5.32 Å². The number of amides is 1. The van der Waals surface area contributed by atoms with Crippen LogP contribution in [0.4, 0.5) is 0 Å². The van der Waals surface area contributed by atoms with Crippen LogP contribution in [0.2, 0.25) is 0 Å². The summed E-state index contributed by atoms with van der Waals surface area (Å²) < 4.78 is 0. The number of hydrogen-bond acceptors (Lipinski definition) is 3. The zero-order valence-electron chi connectivity index (χ0n) is 9.94. The number of carbonyl (C=O) groups is 1. The van der Waals surface area contributed by atoms with Crippen molar-refractivity contribution in [1.29, 1.82) is 0 Å². The van der Waals surface area contributed by atoms with E-state index in [1.54, 1.807) is 11.3 Å². The first-order valence-corrected chi connectivity index (χ1v) is 7.03. The predicted molar refractivity (Wildman–Crippen MR) is 76.3 cm³/mol. The zero-order chi connectivity index (χ0) is 12.7. The van der Waals surface area contributed by atoms with E-state index in [0.29, 0.717) is 11.4 Å². The van der Waals surface area contributed by atoms with Crippen LogP contribution in [0, 0.1) is 0 Å². The first kappa shape index (κ1) is 14.1. The molecule has 0 saturated carbocycles. The maximum atomic E-state index is 11.6. The van der Waals surface area contributed by atoms with Crippen molar-refractivity contribution in [2.45, 2.75) is 38.6 Å². The molecule has 0 bridgehead atoms. The largest absolute Gasteiger partial charge is 0.392 e. The van der Waals surface area contributed by atoms with Crippen LogP contribution in [0.25, 0.3) is 0 Å². The summed E-state index contributed by atoms with van der Waals surface area (Å²) in [6, 6.07) is 3.95. The van der Waals surface area contributed by atoms with E-state index in [1.165, 1.54) is 4.88 Å². The molecule has 1 amide bonds. The van der Waals surface area contributed by atoms with Gasteiger partial charge in [0.2, 0.25) is 5.91 Å². The first-order valence-electron chi connectivity index (χ1n) is 5.74. The van der Waals surface area contributed by atoms with Crippen LogP contribution < -0.4 is 11.1 Å². The lowest BCUT2D eigenvalue weighted by Gasteiger charge is -2.15. The van der Waals surface area contributed by atoms with Crippen molar-refractivity contribution < 1.29 is 4.79 Å². The van der Waals surface area contributed by atoms with Crippen LogP contribution in [-0.4, -0.2) is 16.9 Å². The van der Waals surface area contributed by atoms with Gasteiger partial charge in [-0.05, 0) is 30.7 Å². The second kappa shape index (κ2) is 7.40. The molecule has 0 spiro atoms. The van der Waals surface area contributed by atoms with Crippen molar-refractivity contribution in [3.8, 4) is 0 Å². The van der Waals surface area contributed by atoms with Gasteiger partial charge < -0.3 is 11.1 Å². The van der Waals surface area contributed by atoms with Gasteiger partial charge in [-0.2, -0.15) is 0 Å². The zero-order valence-corrected chi connectivity index (χ0v) is 11.6. The molecule has 94 valence electrons. The Morgan fingerprint density at radius 3 is 2.94 bits per heavy atom. The van der Waals surface area contributed by atoms with Crippen molar-refractivity contribution >= 4 is 34.5 Å². The third kappa shape index (κ3) is 5.28. The Balaban J connectivity index is 2.23. The maximum Gasteiger partial charge on any atom is 0.220 e. The molecule has 0 radical (unpaired) electrons. The number of hydrogen-bond donors (Lipinski definition) is 2. The first-order chi connectivity index (χ1) is 8.13. The van der Waals surface area contributed by atoms with E-state index in [9.17, 15) is 4.79 Å². The summed E-state index contributed by atoms with van der Waals surface area (Å²) >= 11 is 6.60. The molecule has 1 rings (SSSR count). The fraction of sp³-hybridized carbons (Fsp3) is 0.500. The van der Waals surface area contributed by atoms with Crippen LogP contribution in [-0.2, 0) is 11.2 Å². The normalized spacial score (nSPS) is 12.1. The molecule has 0 aliphatic rings. The highest BCUT2D eigenvalue weighted by Gasteiger charge is 2.12. The molecular weight excluding hydrogens is 252 g/mol. The molecule has 1 unspecified atom stereocenters. The maximum absolute atomic E-state index is 11.6. The van der Waals surface area contributed by atoms with E-state index in [1.807, 2.05) is 13.0 Å². The molecule has 0 aromatic carbocycles. The minimum Gasteiger partial charge on any atom is -0.392 e. The number of thiocarbonyl (C=S) groups is 1. The highest BCUT2D eigenvalue weighted by Crippen LogP contribution is 2.11. The SMILES string of the molecule is CCC(NC(=O)CCCc1cccs1)C(N)=S. The summed E-state index contributed by atoms with van der Waals surface area (Å²) in [7, 11) is 0. The summed E-state index contributed by atoms with van der Waals surface area (Å²) in [5.74, 6) is 0.0289. The van der Waals surface area contributed by atoms with Gasteiger partial charge >= 0.3 is 0 Å². The lowest BCUT2D eigenvalue weighted by molar-refractivity contribution is -0.121. The van der Waals surface area contributed by atoms with Gasteiger partial charge in [0, 0.05) is 11.3 Å². The van der Waals surface area contributed by atoms with Crippen LogP contribution in [0.5, 0.6) is 0 Å². The molecule has 0 fully saturated rings. The molecule has 0 aliphatic heterocycles.